The Morgan fingerprint density at radius 2 is 1.88 bits per heavy atom. The molecule has 0 amide bonds. The van der Waals surface area contributed by atoms with E-state index in [0.29, 0.717) is 39.1 Å². The monoisotopic (exact) mass is 250 g/mol. The molecule has 1 heterocycles. The third-order valence-corrected chi connectivity index (χ3v) is 2.36. The Kier molecular flexibility index (Phi) is 6.94. The van der Waals surface area contributed by atoms with Gasteiger partial charge in [-0.2, -0.15) is 0 Å². The van der Waals surface area contributed by atoms with Crippen LogP contribution in [-0.4, -0.2) is 57.8 Å². The topological polar surface area (TPSA) is 49.5 Å². The van der Waals surface area contributed by atoms with Crippen molar-refractivity contribution in [1.82, 2.24) is 0 Å². The SMILES string of the molecule is CCO[N+](CCCOCC1CO1)(OC)OCC. The fraction of sp³-hybridized carbons (Fsp3) is 1.00. The molecule has 1 fully saturated rings. The molecule has 0 radical (unpaired) electrons. The number of ether oxygens (including phenoxy) is 2. The quantitative estimate of drug-likeness (QED) is 0.238. The second kappa shape index (κ2) is 7.97. The number of hydrogen-bond donors (Lipinski definition) is 0. The molecule has 0 aromatic rings. The predicted octanol–water partition coefficient (Wildman–Crippen LogP) is 1.07. The van der Waals surface area contributed by atoms with E-state index in [1.54, 1.807) is 7.11 Å². The van der Waals surface area contributed by atoms with E-state index in [0.717, 1.165) is 13.0 Å². The molecule has 0 saturated carbocycles. The van der Waals surface area contributed by atoms with Gasteiger partial charge in [0.05, 0.1) is 24.8 Å². The molecule has 0 aromatic heterocycles. The number of hydroxylamine groups is 3. The average Bonchev–Trinajstić information content (AvgIpc) is 3.13. The number of epoxide rings is 1. The van der Waals surface area contributed by atoms with Gasteiger partial charge in [0.1, 0.15) is 26.4 Å². The predicted molar refractivity (Wildman–Crippen MR) is 60.6 cm³/mol. The summed E-state index contributed by atoms with van der Waals surface area (Å²) in [5.41, 5.74) is 0. The third-order valence-electron chi connectivity index (χ3n) is 2.36. The highest BCUT2D eigenvalue weighted by atomic mass is 17.2. The molecule has 1 saturated heterocycles. The Morgan fingerprint density at radius 1 is 1.24 bits per heavy atom. The van der Waals surface area contributed by atoms with Gasteiger partial charge in [-0.1, -0.05) is 0 Å². The second-order valence-corrected chi connectivity index (χ2v) is 3.74. The largest absolute Gasteiger partial charge is 0.378 e. The van der Waals surface area contributed by atoms with E-state index in [1.807, 2.05) is 13.8 Å². The van der Waals surface area contributed by atoms with Crippen LogP contribution in [0.25, 0.3) is 0 Å². The Hall–Kier alpha value is -0.240. The van der Waals surface area contributed by atoms with Crippen molar-refractivity contribution in [2.45, 2.75) is 26.4 Å². The van der Waals surface area contributed by atoms with Crippen molar-refractivity contribution >= 4 is 0 Å². The van der Waals surface area contributed by atoms with Gasteiger partial charge in [-0.15, -0.1) is 14.5 Å². The Morgan fingerprint density at radius 3 is 2.35 bits per heavy atom. The summed E-state index contributed by atoms with van der Waals surface area (Å²) in [7, 11) is 1.57. The summed E-state index contributed by atoms with van der Waals surface area (Å²) in [5, 5.41) is 0. The van der Waals surface area contributed by atoms with E-state index in [2.05, 4.69) is 0 Å². The van der Waals surface area contributed by atoms with Crippen LogP contribution in [0.2, 0.25) is 0 Å². The molecule has 0 N–H and O–H groups in total. The Labute approximate surface area is 103 Å². The lowest BCUT2D eigenvalue weighted by atomic mass is 10.4. The van der Waals surface area contributed by atoms with Crippen molar-refractivity contribution < 1.29 is 29.0 Å². The van der Waals surface area contributed by atoms with Gasteiger partial charge in [0.25, 0.3) is 0 Å². The summed E-state index contributed by atoms with van der Waals surface area (Å²) in [6.07, 6.45) is 1.12. The number of rotatable bonds is 11. The van der Waals surface area contributed by atoms with Crippen LogP contribution in [0.1, 0.15) is 20.3 Å². The molecular formula is C11H24NO5+. The van der Waals surface area contributed by atoms with Crippen LogP contribution in [0, 0.1) is 0 Å². The highest BCUT2D eigenvalue weighted by Crippen LogP contribution is 2.13. The summed E-state index contributed by atoms with van der Waals surface area (Å²) in [6.45, 7) is 7.65. The first kappa shape index (κ1) is 14.8. The third kappa shape index (κ3) is 5.76. The average molecular weight is 250 g/mol. The molecule has 1 aliphatic rings. The van der Waals surface area contributed by atoms with Gasteiger partial charge in [0.15, 0.2) is 6.54 Å². The van der Waals surface area contributed by atoms with E-state index in [4.69, 9.17) is 24.0 Å². The molecule has 0 bridgehead atoms. The molecule has 6 heteroatoms. The van der Waals surface area contributed by atoms with Crippen molar-refractivity contribution in [2.75, 3.05) is 46.7 Å². The van der Waals surface area contributed by atoms with Crippen molar-refractivity contribution in [3.8, 4) is 0 Å². The lowest BCUT2D eigenvalue weighted by molar-refractivity contribution is -1.36. The van der Waals surface area contributed by atoms with Crippen LogP contribution in [0.5, 0.6) is 0 Å². The lowest BCUT2D eigenvalue weighted by Gasteiger charge is -2.27. The Bertz CT molecular complexity index is 192. The highest BCUT2D eigenvalue weighted by molar-refractivity contribution is 4.66. The van der Waals surface area contributed by atoms with Gasteiger partial charge in [-0.05, 0) is 13.8 Å². The van der Waals surface area contributed by atoms with E-state index in [-0.39, 0.29) is 4.97 Å². The van der Waals surface area contributed by atoms with Crippen LogP contribution in [0.15, 0.2) is 0 Å². The first-order valence-corrected chi connectivity index (χ1v) is 6.18. The minimum absolute atomic E-state index is 0.226. The van der Waals surface area contributed by atoms with E-state index in [9.17, 15) is 0 Å². The Balaban J connectivity index is 2.16. The summed E-state index contributed by atoms with van der Waals surface area (Å²) in [6, 6.07) is 0. The molecule has 17 heavy (non-hydrogen) atoms. The number of hydrogen-bond acceptors (Lipinski definition) is 5. The number of nitrogens with zero attached hydrogens (tertiary/aromatic N) is 1. The molecule has 0 spiro atoms. The molecule has 102 valence electrons. The van der Waals surface area contributed by atoms with Gasteiger partial charge >= 0.3 is 0 Å². The lowest BCUT2D eigenvalue weighted by Crippen LogP contribution is -2.47. The maximum absolute atomic E-state index is 5.47. The van der Waals surface area contributed by atoms with E-state index < -0.39 is 0 Å². The molecule has 1 aliphatic heterocycles. The van der Waals surface area contributed by atoms with E-state index in [1.165, 1.54) is 0 Å². The maximum atomic E-state index is 5.47. The van der Waals surface area contributed by atoms with Crippen LogP contribution in [0.4, 0.5) is 0 Å². The van der Waals surface area contributed by atoms with Gasteiger partial charge in [0, 0.05) is 6.42 Å². The summed E-state index contributed by atoms with van der Waals surface area (Å²) in [5.74, 6) is 0. The zero-order valence-corrected chi connectivity index (χ0v) is 11.0. The van der Waals surface area contributed by atoms with Gasteiger partial charge < -0.3 is 9.47 Å². The number of quaternary nitrogens is 1. The van der Waals surface area contributed by atoms with Crippen molar-refractivity contribution in [3.05, 3.63) is 0 Å². The standard InChI is InChI=1S/C11H24NO5/c1-4-16-12(13-3,17-5-2)7-6-8-14-9-11-10-15-11/h11H,4-10H2,1-3H3/q+1. The van der Waals surface area contributed by atoms with E-state index >= 15 is 0 Å². The van der Waals surface area contributed by atoms with Crippen molar-refractivity contribution in [2.24, 2.45) is 0 Å². The summed E-state index contributed by atoms with van der Waals surface area (Å²) >= 11 is 0. The first-order chi connectivity index (χ1) is 8.26. The normalized spacial score (nSPS) is 19.6. The summed E-state index contributed by atoms with van der Waals surface area (Å²) in [4.78, 5) is 16.0. The molecule has 6 nitrogen and oxygen atoms in total. The molecule has 0 aliphatic carbocycles. The zero-order valence-electron chi connectivity index (χ0n) is 11.0. The molecule has 1 atom stereocenters. The smallest absolute Gasteiger partial charge is 0.180 e. The fourth-order valence-corrected chi connectivity index (χ4v) is 1.50. The highest BCUT2D eigenvalue weighted by Gasteiger charge is 2.32. The fourth-order valence-electron chi connectivity index (χ4n) is 1.50. The molecule has 1 unspecified atom stereocenters. The van der Waals surface area contributed by atoms with Crippen LogP contribution >= 0.6 is 0 Å². The summed E-state index contributed by atoms with van der Waals surface area (Å²) < 4.78 is 10.5. The first-order valence-electron chi connectivity index (χ1n) is 6.18. The van der Waals surface area contributed by atoms with Gasteiger partial charge in [0.2, 0.25) is 0 Å². The molecule has 1 rings (SSSR count). The second-order valence-electron chi connectivity index (χ2n) is 3.74. The molecule has 0 aromatic carbocycles. The maximum Gasteiger partial charge on any atom is 0.180 e. The van der Waals surface area contributed by atoms with Crippen LogP contribution in [0.3, 0.4) is 0 Å². The molecular weight excluding hydrogens is 226 g/mol. The van der Waals surface area contributed by atoms with Crippen molar-refractivity contribution in [1.29, 1.82) is 0 Å². The van der Waals surface area contributed by atoms with Crippen molar-refractivity contribution in [3.63, 3.8) is 0 Å². The van der Waals surface area contributed by atoms with Gasteiger partial charge in [-0.3, -0.25) is 0 Å². The minimum Gasteiger partial charge on any atom is -0.378 e. The van der Waals surface area contributed by atoms with Gasteiger partial charge in [-0.25, -0.2) is 0 Å². The minimum atomic E-state index is -0.226. The van der Waals surface area contributed by atoms with Crippen LogP contribution in [-0.2, 0) is 24.0 Å². The zero-order chi connectivity index (χ0) is 12.6. The van der Waals surface area contributed by atoms with Crippen LogP contribution < -0.4 is 0 Å².